The van der Waals surface area contributed by atoms with Crippen LogP contribution in [0.3, 0.4) is 0 Å². The summed E-state index contributed by atoms with van der Waals surface area (Å²) in [6.45, 7) is 6.41. The lowest BCUT2D eigenvalue weighted by Crippen LogP contribution is -2.20. The molecule has 0 bridgehead atoms. The summed E-state index contributed by atoms with van der Waals surface area (Å²) in [7, 11) is 0. The Bertz CT molecular complexity index is 721. The topological polar surface area (TPSA) is 64.7 Å². The molecule has 2 aromatic heterocycles. The zero-order valence-electron chi connectivity index (χ0n) is 12.3. The van der Waals surface area contributed by atoms with Crippen LogP contribution in [0, 0.1) is 0 Å². The minimum Gasteiger partial charge on any atom is -0.323 e. The average Bonchev–Trinajstić information content (AvgIpc) is 3.03. The first kappa shape index (κ1) is 14.6. The maximum Gasteiger partial charge on any atom is 0.0957 e. The monoisotopic (exact) mass is 318 g/mol. The molecule has 0 saturated heterocycles. The largest absolute Gasteiger partial charge is 0.323 e. The summed E-state index contributed by atoms with van der Waals surface area (Å²) in [6.07, 6.45) is 0.728. The lowest BCUT2D eigenvalue weighted by molar-refractivity contribution is 0.550. The van der Waals surface area contributed by atoms with Gasteiger partial charge in [-0.1, -0.05) is 37.4 Å². The minimum absolute atomic E-state index is 0.0342. The van der Waals surface area contributed by atoms with Crippen molar-refractivity contribution in [2.45, 2.75) is 38.6 Å². The second-order valence-corrected chi connectivity index (χ2v) is 8.02. The Kier molecular flexibility index (Phi) is 3.77. The van der Waals surface area contributed by atoms with E-state index in [-0.39, 0.29) is 11.5 Å². The van der Waals surface area contributed by atoms with Gasteiger partial charge in [0, 0.05) is 17.9 Å². The van der Waals surface area contributed by atoms with Crippen molar-refractivity contribution in [3.8, 4) is 0 Å². The summed E-state index contributed by atoms with van der Waals surface area (Å²) in [5, 5.41) is 5.33. The van der Waals surface area contributed by atoms with Gasteiger partial charge in [0.15, 0.2) is 0 Å². The third-order valence-corrected chi connectivity index (χ3v) is 5.21. The molecule has 21 heavy (non-hydrogen) atoms. The van der Waals surface area contributed by atoms with Gasteiger partial charge in [-0.3, -0.25) is 0 Å². The Labute approximate surface area is 132 Å². The average molecular weight is 318 g/mol. The second-order valence-electron chi connectivity index (χ2n) is 6.12. The fourth-order valence-electron chi connectivity index (χ4n) is 2.25. The van der Waals surface area contributed by atoms with Crippen molar-refractivity contribution in [3.63, 3.8) is 0 Å². The predicted octanol–water partition coefficient (Wildman–Crippen LogP) is 3.69. The number of aromatic nitrogens is 3. The Balaban J connectivity index is 1.86. The number of nitrogens with two attached hydrogens (primary N) is 1. The highest BCUT2D eigenvalue weighted by Crippen LogP contribution is 2.32. The highest BCUT2D eigenvalue weighted by atomic mass is 32.1. The molecule has 1 atom stereocenters. The quantitative estimate of drug-likeness (QED) is 0.800. The lowest BCUT2D eigenvalue weighted by Gasteiger charge is -2.18. The lowest BCUT2D eigenvalue weighted by atomic mass is 9.90. The van der Waals surface area contributed by atoms with Gasteiger partial charge in [-0.15, -0.1) is 16.4 Å². The van der Waals surface area contributed by atoms with E-state index < -0.39 is 0 Å². The summed E-state index contributed by atoms with van der Waals surface area (Å²) in [5.41, 5.74) is 8.40. The predicted molar refractivity (Wildman–Crippen MR) is 88.9 cm³/mol. The normalized spacial score (nSPS) is 13.7. The van der Waals surface area contributed by atoms with Gasteiger partial charge >= 0.3 is 0 Å². The second kappa shape index (κ2) is 5.44. The van der Waals surface area contributed by atoms with Gasteiger partial charge in [-0.25, -0.2) is 4.98 Å². The van der Waals surface area contributed by atoms with Crippen molar-refractivity contribution < 1.29 is 0 Å². The molecule has 3 rings (SSSR count). The van der Waals surface area contributed by atoms with Gasteiger partial charge in [0.05, 0.1) is 25.8 Å². The SMILES string of the molecule is CC(C)(C)c1nnsc1C(N)Cc1nc2ccccc2s1. The first-order valence-electron chi connectivity index (χ1n) is 6.88. The van der Waals surface area contributed by atoms with Crippen LogP contribution in [0.5, 0.6) is 0 Å². The molecule has 0 spiro atoms. The van der Waals surface area contributed by atoms with E-state index in [4.69, 9.17) is 5.73 Å². The number of benzene rings is 1. The summed E-state index contributed by atoms with van der Waals surface area (Å²) in [5.74, 6) is 0. The highest BCUT2D eigenvalue weighted by molar-refractivity contribution is 7.18. The number of thiazole rings is 1. The molecule has 2 heterocycles. The van der Waals surface area contributed by atoms with E-state index in [2.05, 4.69) is 41.4 Å². The van der Waals surface area contributed by atoms with Gasteiger partial charge in [0.2, 0.25) is 0 Å². The van der Waals surface area contributed by atoms with E-state index in [0.29, 0.717) is 0 Å². The van der Waals surface area contributed by atoms with Gasteiger partial charge < -0.3 is 5.73 Å². The molecule has 0 saturated carbocycles. The van der Waals surface area contributed by atoms with E-state index in [1.807, 2.05) is 18.2 Å². The number of rotatable bonds is 3. The number of hydrogen-bond acceptors (Lipinski definition) is 6. The molecule has 6 heteroatoms. The van der Waals surface area contributed by atoms with Gasteiger partial charge in [0.1, 0.15) is 0 Å². The molecular weight excluding hydrogens is 300 g/mol. The van der Waals surface area contributed by atoms with Crippen molar-refractivity contribution >= 4 is 33.1 Å². The molecule has 110 valence electrons. The molecule has 0 aliphatic heterocycles. The van der Waals surface area contributed by atoms with Crippen LogP contribution in [0.1, 0.15) is 42.4 Å². The van der Waals surface area contributed by atoms with E-state index in [1.54, 1.807) is 11.3 Å². The highest BCUT2D eigenvalue weighted by Gasteiger charge is 2.26. The molecule has 0 fully saturated rings. The molecule has 0 aliphatic rings. The smallest absolute Gasteiger partial charge is 0.0957 e. The number of fused-ring (bicyclic) bond motifs is 1. The molecule has 0 amide bonds. The van der Waals surface area contributed by atoms with Crippen LogP contribution in [0.2, 0.25) is 0 Å². The van der Waals surface area contributed by atoms with Gasteiger partial charge in [-0.2, -0.15) is 0 Å². The fraction of sp³-hybridized carbons (Fsp3) is 0.400. The van der Waals surface area contributed by atoms with Crippen LogP contribution in [0.15, 0.2) is 24.3 Å². The van der Waals surface area contributed by atoms with Crippen LogP contribution < -0.4 is 5.73 Å². The Hall–Kier alpha value is -1.37. The van der Waals surface area contributed by atoms with Crippen LogP contribution in [-0.2, 0) is 11.8 Å². The molecule has 1 unspecified atom stereocenters. The zero-order valence-corrected chi connectivity index (χ0v) is 14.0. The Morgan fingerprint density at radius 3 is 2.71 bits per heavy atom. The summed E-state index contributed by atoms with van der Waals surface area (Å²) < 4.78 is 5.30. The van der Waals surface area contributed by atoms with E-state index >= 15 is 0 Å². The summed E-state index contributed by atoms with van der Waals surface area (Å²) >= 11 is 3.11. The van der Waals surface area contributed by atoms with Crippen LogP contribution in [0.25, 0.3) is 10.2 Å². The number of nitrogens with zero attached hydrogens (tertiary/aromatic N) is 3. The standard InChI is InChI=1S/C15H18N4S2/c1-15(2,3)14-13(21-19-18-14)9(16)8-12-17-10-6-4-5-7-11(10)20-12/h4-7,9H,8,16H2,1-3H3. The summed E-state index contributed by atoms with van der Waals surface area (Å²) in [4.78, 5) is 5.73. The Morgan fingerprint density at radius 2 is 2.00 bits per heavy atom. The molecular formula is C15H18N4S2. The molecule has 3 aromatic rings. The molecule has 4 nitrogen and oxygen atoms in total. The van der Waals surface area contributed by atoms with Crippen molar-refractivity contribution in [2.24, 2.45) is 5.73 Å². The van der Waals surface area contributed by atoms with E-state index in [1.165, 1.54) is 16.2 Å². The molecule has 0 radical (unpaired) electrons. The Morgan fingerprint density at radius 1 is 1.24 bits per heavy atom. The molecule has 2 N–H and O–H groups in total. The van der Waals surface area contributed by atoms with Crippen LogP contribution in [0.4, 0.5) is 0 Å². The number of para-hydroxylation sites is 1. The van der Waals surface area contributed by atoms with Crippen molar-refractivity contribution in [3.05, 3.63) is 39.8 Å². The zero-order chi connectivity index (χ0) is 15.0. The minimum atomic E-state index is -0.0974. The van der Waals surface area contributed by atoms with E-state index in [9.17, 15) is 0 Å². The van der Waals surface area contributed by atoms with Crippen LogP contribution in [-0.4, -0.2) is 14.6 Å². The third-order valence-electron chi connectivity index (χ3n) is 3.29. The van der Waals surface area contributed by atoms with Crippen molar-refractivity contribution in [1.29, 1.82) is 0 Å². The van der Waals surface area contributed by atoms with Crippen molar-refractivity contribution in [1.82, 2.24) is 14.6 Å². The first-order chi connectivity index (χ1) is 9.95. The third kappa shape index (κ3) is 2.97. The maximum absolute atomic E-state index is 6.39. The molecule has 1 aromatic carbocycles. The van der Waals surface area contributed by atoms with Gasteiger partial charge in [0.25, 0.3) is 0 Å². The maximum atomic E-state index is 6.39. The van der Waals surface area contributed by atoms with Crippen LogP contribution >= 0.6 is 22.9 Å². The fourth-order valence-corrected chi connectivity index (χ4v) is 4.14. The molecule has 0 aliphatic carbocycles. The summed E-state index contributed by atoms with van der Waals surface area (Å²) in [6, 6.07) is 8.08. The first-order valence-corrected chi connectivity index (χ1v) is 8.47. The van der Waals surface area contributed by atoms with Crippen molar-refractivity contribution in [2.75, 3.05) is 0 Å². The van der Waals surface area contributed by atoms with Gasteiger partial charge in [-0.05, 0) is 23.7 Å². The number of hydrogen-bond donors (Lipinski definition) is 1. The van der Waals surface area contributed by atoms with E-state index in [0.717, 1.165) is 27.5 Å².